The van der Waals surface area contributed by atoms with Crippen LogP contribution in [0.15, 0.2) is 149 Å². The standard InChI is InChI=1S/C37H30BrN3O4S/c1-45-31-20-12-25(13-21-31)24-33(41-35(42)27-10-6-3-7-11-27)36(43)39-30-18-22-32(23-19-30)46-34(26-8-4-2-5-9-26)37(44)40-29-16-14-28(38)15-17-29/h2-24,34H,1H3,(H,39,43)(H,40,44)(H,41,42)/b33-24-. The van der Waals surface area contributed by atoms with Crippen molar-refractivity contribution < 1.29 is 19.1 Å². The predicted molar refractivity (Wildman–Crippen MR) is 188 cm³/mol. The number of carbonyl (C=O) groups is 3. The topological polar surface area (TPSA) is 96.5 Å². The third-order valence-corrected chi connectivity index (χ3v) is 8.57. The molecule has 9 heteroatoms. The molecule has 0 aliphatic carbocycles. The fourth-order valence-corrected chi connectivity index (χ4v) is 5.69. The maximum Gasteiger partial charge on any atom is 0.272 e. The lowest BCUT2D eigenvalue weighted by Gasteiger charge is -2.17. The van der Waals surface area contributed by atoms with Crippen molar-refractivity contribution in [1.82, 2.24) is 5.32 Å². The van der Waals surface area contributed by atoms with E-state index in [2.05, 4.69) is 31.9 Å². The molecule has 5 aromatic rings. The van der Waals surface area contributed by atoms with Crippen LogP contribution >= 0.6 is 27.7 Å². The van der Waals surface area contributed by atoms with E-state index in [4.69, 9.17) is 4.74 Å². The minimum atomic E-state index is -0.516. The first-order valence-corrected chi connectivity index (χ1v) is 16.0. The Bertz CT molecular complexity index is 1810. The van der Waals surface area contributed by atoms with E-state index in [0.29, 0.717) is 28.3 Å². The van der Waals surface area contributed by atoms with E-state index in [1.807, 2.05) is 72.8 Å². The zero-order chi connectivity index (χ0) is 32.3. The molecule has 0 aliphatic heterocycles. The number of amides is 3. The van der Waals surface area contributed by atoms with Crippen molar-refractivity contribution in [3.8, 4) is 5.75 Å². The number of thioether (sulfide) groups is 1. The highest BCUT2D eigenvalue weighted by molar-refractivity contribution is 9.10. The summed E-state index contributed by atoms with van der Waals surface area (Å²) in [7, 11) is 1.58. The van der Waals surface area contributed by atoms with Crippen molar-refractivity contribution in [3.63, 3.8) is 0 Å². The number of benzene rings is 5. The summed E-state index contributed by atoms with van der Waals surface area (Å²) in [4.78, 5) is 40.7. The summed E-state index contributed by atoms with van der Waals surface area (Å²) < 4.78 is 6.15. The number of halogens is 1. The van der Waals surface area contributed by atoms with Gasteiger partial charge >= 0.3 is 0 Å². The lowest BCUT2D eigenvalue weighted by molar-refractivity contribution is -0.116. The van der Waals surface area contributed by atoms with Gasteiger partial charge in [-0.25, -0.2) is 0 Å². The van der Waals surface area contributed by atoms with Gasteiger partial charge in [0, 0.05) is 26.3 Å². The van der Waals surface area contributed by atoms with Crippen LogP contribution < -0.4 is 20.7 Å². The van der Waals surface area contributed by atoms with Crippen LogP contribution in [-0.2, 0) is 9.59 Å². The van der Waals surface area contributed by atoms with Crippen LogP contribution in [0.25, 0.3) is 6.08 Å². The summed E-state index contributed by atoms with van der Waals surface area (Å²) in [6, 6.07) is 40.0. The van der Waals surface area contributed by atoms with Crippen LogP contribution in [-0.4, -0.2) is 24.8 Å². The SMILES string of the molecule is COc1ccc(/C=C(\NC(=O)c2ccccc2)C(=O)Nc2ccc(SC(C(=O)Nc3ccc(Br)cc3)c3ccccc3)cc2)cc1. The molecule has 1 atom stereocenters. The van der Waals surface area contributed by atoms with Crippen LogP contribution in [0.2, 0.25) is 0 Å². The van der Waals surface area contributed by atoms with E-state index >= 15 is 0 Å². The highest BCUT2D eigenvalue weighted by Gasteiger charge is 2.22. The zero-order valence-corrected chi connectivity index (χ0v) is 27.2. The van der Waals surface area contributed by atoms with Crippen molar-refractivity contribution in [3.05, 3.63) is 160 Å². The largest absolute Gasteiger partial charge is 0.497 e. The fourth-order valence-electron chi connectivity index (χ4n) is 4.40. The molecule has 0 aromatic heterocycles. The number of ether oxygens (including phenoxy) is 1. The number of nitrogens with one attached hydrogen (secondary N) is 3. The predicted octanol–water partition coefficient (Wildman–Crippen LogP) is 8.34. The highest BCUT2D eigenvalue weighted by atomic mass is 79.9. The Labute approximate surface area is 280 Å². The number of carbonyl (C=O) groups excluding carboxylic acids is 3. The molecule has 0 saturated heterocycles. The highest BCUT2D eigenvalue weighted by Crippen LogP contribution is 2.37. The number of hydrogen-bond acceptors (Lipinski definition) is 5. The molecule has 0 spiro atoms. The number of anilines is 2. The quantitative estimate of drug-likeness (QED) is 0.0956. The van der Waals surface area contributed by atoms with Crippen molar-refractivity contribution in [1.29, 1.82) is 0 Å². The maximum atomic E-state index is 13.5. The molecule has 0 fully saturated rings. The Morgan fingerprint density at radius 2 is 1.30 bits per heavy atom. The van der Waals surface area contributed by atoms with Gasteiger partial charge < -0.3 is 20.7 Å². The summed E-state index contributed by atoms with van der Waals surface area (Å²) >= 11 is 4.83. The molecule has 0 radical (unpaired) electrons. The molecule has 0 aliphatic rings. The Morgan fingerprint density at radius 1 is 0.717 bits per heavy atom. The van der Waals surface area contributed by atoms with Crippen molar-refractivity contribution in [2.75, 3.05) is 17.7 Å². The van der Waals surface area contributed by atoms with Gasteiger partial charge in [0.2, 0.25) is 5.91 Å². The monoisotopic (exact) mass is 691 g/mol. The molecule has 230 valence electrons. The molecule has 0 saturated carbocycles. The van der Waals surface area contributed by atoms with Gasteiger partial charge in [-0.05, 0) is 90.0 Å². The van der Waals surface area contributed by atoms with Gasteiger partial charge in [-0.1, -0.05) is 76.6 Å². The first-order chi connectivity index (χ1) is 22.4. The van der Waals surface area contributed by atoms with Gasteiger partial charge in [-0.15, -0.1) is 11.8 Å². The Balaban J connectivity index is 1.32. The lowest BCUT2D eigenvalue weighted by atomic mass is 10.1. The fraction of sp³-hybridized carbons (Fsp3) is 0.0541. The molecule has 3 N–H and O–H groups in total. The first kappa shape index (κ1) is 32.3. The summed E-state index contributed by atoms with van der Waals surface area (Å²) in [5.74, 6) is -0.375. The summed E-state index contributed by atoms with van der Waals surface area (Å²) in [6.45, 7) is 0. The van der Waals surface area contributed by atoms with Gasteiger partial charge in [0.25, 0.3) is 11.8 Å². The molecule has 3 amide bonds. The van der Waals surface area contributed by atoms with E-state index in [1.165, 1.54) is 11.8 Å². The number of hydrogen-bond donors (Lipinski definition) is 3. The van der Waals surface area contributed by atoms with E-state index in [9.17, 15) is 14.4 Å². The molecule has 0 bridgehead atoms. The molecule has 5 rings (SSSR count). The smallest absolute Gasteiger partial charge is 0.272 e. The van der Waals surface area contributed by atoms with Crippen LogP contribution in [0, 0.1) is 0 Å². The third kappa shape index (κ3) is 8.97. The van der Waals surface area contributed by atoms with Crippen molar-refractivity contribution in [2.45, 2.75) is 10.1 Å². The summed E-state index contributed by atoms with van der Waals surface area (Å²) in [6.07, 6.45) is 1.61. The normalized spacial score (nSPS) is 11.7. The minimum Gasteiger partial charge on any atom is -0.497 e. The van der Waals surface area contributed by atoms with E-state index in [-0.39, 0.29) is 11.6 Å². The Morgan fingerprint density at radius 3 is 1.93 bits per heavy atom. The van der Waals surface area contributed by atoms with Crippen LogP contribution in [0.1, 0.15) is 26.7 Å². The average molecular weight is 693 g/mol. The van der Waals surface area contributed by atoms with Gasteiger partial charge in [-0.2, -0.15) is 0 Å². The molecule has 5 aromatic carbocycles. The van der Waals surface area contributed by atoms with Crippen LogP contribution in [0.4, 0.5) is 11.4 Å². The third-order valence-electron chi connectivity index (χ3n) is 6.77. The number of rotatable bonds is 11. The van der Waals surface area contributed by atoms with E-state index in [1.54, 1.807) is 73.8 Å². The molecule has 1 unspecified atom stereocenters. The molecular weight excluding hydrogens is 662 g/mol. The van der Waals surface area contributed by atoms with Gasteiger partial charge in [0.05, 0.1) is 7.11 Å². The van der Waals surface area contributed by atoms with Gasteiger partial charge in [0.15, 0.2) is 0 Å². The summed E-state index contributed by atoms with van der Waals surface area (Å²) in [5.41, 5.74) is 3.30. The second-order valence-corrected chi connectivity index (χ2v) is 12.1. The lowest BCUT2D eigenvalue weighted by Crippen LogP contribution is -2.30. The van der Waals surface area contributed by atoms with Crippen LogP contribution in [0.3, 0.4) is 0 Å². The maximum absolute atomic E-state index is 13.5. The molecule has 7 nitrogen and oxygen atoms in total. The molecule has 46 heavy (non-hydrogen) atoms. The zero-order valence-electron chi connectivity index (χ0n) is 24.8. The summed E-state index contributed by atoms with van der Waals surface area (Å²) in [5, 5.41) is 8.11. The molecule has 0 heterocycles. The van der Waals surface area contributed by atoms with Gasteiger partial charge in [0.1, 0.15) is 16.7 Å². The second kappa shape index (κ2) is 15.7. The number of methoxy groups -OCH3 is 1. The average Bonchev–Trinajstić information content (AvgIpc) is 3.09. The minimum absolute atomic E-state index is 0.0752. The van der Waals surface area contributed by atoms with Gasteiger partial charge in [-0.3, -0.25) is 14.4 Å². The Hall–Kier alpha value is -5.12. The van der Waals surface area contributed by atoms with E-state index in [0.717, 1.165) is 14.9 Å². The van der Waals surface area contributed by atoms with Crippen molar-refractivity contribution >= 4 is 62.9 Å². The van der Waals surface area contributed by atoms with Crippen molar-refractivity contribution in [2.24, 2.45) is 0 Å². The second-order valence-electron chi connectivity index (χ2n) is 10.0. The van der Waals surface area contributed by atoms with E-state index < -0.39 is 17.1 Å². The van der Waals surface area contributed by atoms with Crippen LogP contribution in [0.5, 0.6) is 5.75 Å². The molecular formula is C37H30BrN3O4S. The Kier molecular flexibility index (Phi) is 11.0. The first-order valence-electron chi connectivity index (χ1n) is 14.3.